The van der Waals surface area contributed by atoms with E-state index in [1.54, 1.807) is 12.3 Å². The monoisotopic (exact) mass is 375 g/mol. The van der Waals surface area contributed by atoms with E-state index in [1.165, 1.54) is 6.21 Å². The fourth-order valence-electron chi connectivity index (χ4n) is 1.90. The number of carbonyl (C=O) groups excluding carboxylic acids is 1. The molecule has 5 nitrogen and oxygen atoms in total. The van der Waals surface area contributed by atoms with Crippen molar-refractivity contribution in [2.45, 2.75) is 19.8 Å². The Balaban J connectivity index is 1.88. The zero-order chi connectivity index (χ0) is 16.7. The quantitative estimate of drug-likeness (QED) is 0.620. The molecule has 1 aromatic heterocycles. The number of hydrogen-bond donors (Lipinski definition) is 1. The van der Waals surface area contributed by atoms with Gasteiger partial charge in [-0.1, -0.05) is 35.8 Å². The minimum Gasteiger partial charge on any atom is -0.483 e. The van der Waals surface area contributed by atoms with Crippen LogP contribution in [-0.2, 0) is 4.79 Å². The van der Waals surface area contributed by atoms with Crippen LogP contribution in [0.2, 0.25) is 0 Å². The minimum atomic E-state index is -0.324. The number of nitrogens with one attached hydrogen (secondary N) is 1. The Kier molecular flexibility index (Phi) is 6.29. The largest absolute Gasteiger partial charge is 0.483 e. The van der Waals surface area contributed by atoms with Crippen molar-refractivity contribution >= 4 is 28.1 Å². The lowest BCUT2D eigenvalue weighted by atomic mass is 10.0. The number of amides is 1. The van der Waals surface area contributed by atoms with Crippen molar-refractivity contribution < 1.29 is 9.53 Å². The topological polar surface area (TPSA) is 63.6 Å². The van der Waals surface area contributed by atoms with Crippen LogP contribution in [0.15, 0.2) is 52.2 Å². The first-order valence-electron chi connectivity index (χ1n) is 7.21. The third-order valence-corrected chi connectivity index (χ3v) is 3.52. The summed E-state index contributed by atoms with van der Waals surface area (Å²) >= 11 is 3.44. The second-order valence-corrected chi connectivity index (χ2v) is 6.09. The second-order valence-electron chi connectivity index (χ2n) is 5.17. The summed E-state index contributed by atoms with van der Waals surface area (Å²) in [7, 11) is 0. The molecule has 120 valence electrons. The molecule has 1 N–H and O–H groups in total. The Morgan fingerprint density at radius 1 is 1.39 bits per heavy atom. The van der Waals surface area contributed by atoms with Gasteiger partial charge >= 0.3 is 0 Å². The summed E-state index contributed by atoms with van der Waals surface area (Å²) in [6.07, 6.45) is 3.14. The molecule has 2 aromatic rings. The van der Waals surface area contributed by atoms with Crippen LogP contribution in [0.5, 0.6) is 5.75 Å². The maximum Gasteiger partial charge on any atom is 0.277 e. The molecular formula is C17H18BrN3O2. The predicted molar refractivity (Wildman–Crippen MR) is 93.7 cm³/mol. The van der Waals surface area contributed by atoms with Crippen LogP contribution in [0.25, 0.3) is 0 Å². The first-order chi connectivity index (χ1) is 11.1. The third kappa shape index (κ3) is 5.49. The molecule has 2 rings (SSSR count). The fraction of sp³-hybridized carbons (Fsp3) is 0.235. The number of hydrazone groups is 1. The van der Waals surface area contributed by atoms with Crippen LogP contribution in [0.1, 0.15) is 31.0 Å². The number of ether oxygens (including phenoxy) is 1. The molecule has 0 unspecified atom stereocenters. The molecule has 0 saturated heterocycles. The summed E-state index contributed by atoms with van der Waals surface area (Å²) in [5.41, 5.74) is 4.13. The van der Waals surface area contributed by atoms with Crippen LogP contribution >= 0.6 is 15.9 Å². The molecule has 1 heterocycles. The Morgan fingerprint density at radius 2 is 2.22 bits per heavy atom. The number of halogens is 1. The molecule has 0 aliphatic carbocycles. The van der Waals surface area contributed by atoms with E-state index in [4.69, 9.17) is 4.74 Å². The van der Waals surface area contributed by atoms with Crippen LogP contribution in [-0.4, -0.2) is 23.7 Å². The molecule has 6 heteroatoms. The Morgan fingerprint density at radius 3 is 2.91 bits per heavy atom. The van der Waals surface area contributed by atoms with Gasteiger partial charge in [-0.25, -0.2) is 5.43 Å². The predicted octanol–water partition coefficient (Wildman–Crippen LogP) is 3.50. The molecular weight excluding hydrogens is 358 g/mol. The SMILES string of the molecule is CC(C)c1cc(Br)ccc1OCC(=O)N/N=C/c1ccccn1. The van der Waals surface area contributed by atoms with E-state index in [1.807, 2.05) is 30.3 Å². The Labute approximate surface area is 143 Å². The van der Waals surface area contributed by atoms with Gasteiger partial charge in [-0.3, -0.25) is 9.78 Å². The van der Waals surface area contributed by atoms with E-state index in [-0.39, 0.29) is 12.5 Å². The van der Waals surface area contributed by atoms with Gasteiger partial charge < -0.3 is 4.74 Å². The molecule has 0 fully saturated rings. The van der Waals surface area contributed by atoms with E-state index in [9.17, 15) is 4.79 Å². The summed E-state index contributed by atoms with van der Waals surface area (Å²) in [5.74, 6) is 0.676. The maximum atomic E-state index is 11.8. The van der Waals surface area contributed by atoms with Crippen molar-refractivity contribution in [2.75, 3.05) is 6.61 Å². The number of aromatic nitrogens is 1. The van der Waals surface area contributed by atoms with Crippen molar-refractivity contribution in [2.24, 2.45) is 5.10 Å². The summed E-state index contributed by atoms with van der Waals surface area (Å²) in [4.78, 5) is 15.8. The third-order valence-electron chi connectivity index (χ3n) is 3.03. The molecule has 0 saturated carbocycles. The van der Waals surface area contributed by atoms with Gasteiger partial charge in [0, 0.05) is 10.7 Å². The Hall–Kier alpha value is -2.21. The lowest BCUT2D eigenvalue weighted by Crippen LogP contribution is -2.25. The van der Waals surface area contributed by atoms with E-state index in [0.29, 0.717) is 17.4 Å². The van der Waals surface area contributed by atoms with Crippen LogP contribution in [0, 0.1) is 0 Å². The lowest BCUT2D eigenvalue weighted by molar-refractivity contribution is -0.123. The Bertz CT molecular complexity index is 687. The molecule has 23 heavy (non-hydrogen) atoms. The van der Waals surface area contributed by atoms with Crippen LogP contribution in [0.3, 0.4) is 0 Å². The second kappa shape index (κ2) is 8.43. The number of pyridine rings is 1. The molecule has 0 atom stereocenters. The van der Waals surface area contributed by atoms with Crippen molar-refractivity contribution in [3.05, 3.63) is 58.3 Å². The van der Waals surface area contributed by atoms with Crippen molar-refractivity contribution in [3.63, 3.8) is 0 Å². The number of nitrogens with zero attached hydrogens (tertiary/aromatic N) is 2. The minimum absolute atomic E-state index is 0.0963. The fourth-order valence-corrected chi connectivity index (χ4v) is 2.28. The molecule has 0 bridgehead atoms. The summed E-state index contributed by atoms with van der Waals surface area (Å²) < 4.78 is 6.58. The summed E-state index contributed by atoms with van der Waals surface area (Å²) in [6.45, 7) is 4.05. The van der Waals surface area contributed by atoms with Gasteiger partial charge in [0.25, 0.3) is 5.91 Å². The highest BCUT2D eigenvalue weighted by Crippen LogP contribution is 2.29. The van der Waals surface area contributed by atoms with E-state index >= 15 is 0 Å². The van der Waals surface area contributed by atoms with Gasteiger partial charge in [-0.05, 0) is 41.8 Å². The van der Waals surface area contributed by atoms with Crippen LogP contribution in [0.4, 0.5) is 0 Å². The van der Waals surface area contributed by atoms with Crippen molar-refractivity contribution in [1.82, 2.24) is 10.4 Å². The number of benzene rings is 1. The van der Waals surface area contributed by atoms with E-state index in [2.05, 4.69) is 45.3 Å². The molecule has 0 radical (unpaired) electrons. The lowest BCUT2D eigenvalue weighted by Gasteiger charge is -2.13. The van der Waals surface area contributed by atoms with Crippen molar-refractivity contribution in [3.8, 4) is 5.75 Å². The van der Waals surface area contributed by atoms with Gasteiger partial charge in [-0.2, -0.15) is 5.10 Å². The smallest absolute Gasteiger partial charge is 0.277 e. The first kappa shape index (κ1) is 17.1. The molecule has 0 aliphatic rings. The summed E-state index contributed by atoms with van der Waals surface area (Å²) in [5, 5.41) is 3.85. The van der Waals surface area contributed by atoms with Gasteiger partial charge in [0.05, 0.1) is 11.9 Å². The molecule has 1 amide bonds. The number of hydrogen-bond acceptors (Lipinski definition) is 4. The van der Waals surface area contributed by atoms with Gasteiger partial charge in [0.15, 0.2) is 6.61 Å². The highest BCUT2D eigenvalue weighted by molar-refractivity contribution is 9.10. The van der Waals surface area contributed by atoms with Gasteiger partial charge in [-0.15, -0.1) is 0 Å². The molecule has 0 spiro atoms. The zero-order valence-electron chi connectivity index (χ0n) is 13.0. The van der Waals surface area contributed by atoms with Gasteiger partial charge in [0.2, 0.25) is 0 Å². The average Bonchev–Trinajstić information content (AvgIpc) is 2.54. The standard InChI is InChI=1S/C17H18BrN3O2/c1-12(2)15-9-13(18)6-7-16(15)23-11-17(22)21-20-10-14-5-3-4-8-19-14/h3-10,12H,11H2,1-2H3,(H,21,22)/b20-10+. The number of carbonyl (C=O) groups is 1. The van der Waals surface area contributed by atoms with Gasteiger partial charge in [0.1, 0.15) is 5.75 Å². The molecule has 1 aromatic carbocycles. The average molecular weight is 376 g/mol. The number of rotatable bonds is 6. The maximum absolute atomic E-state index is 11.8. The molecule has 0 aliphatic heterocycles. The van der Waals surface area contributed by atoms with E-state index < -0.39 is 0 Å². The summed E-state index contributed by atoms with van der Waals surface area (Å²) in [6, 6.07) is 11.2. The zero-order valence-corrected chi connectivity index (χ0v) is 14.6. The highest BCUT2D eigenvalue weighted by atomic mass is 79.9. The normalized spacial score (nSPS) is 11.0. The van der Waals surface area contributed by atoms with E-state index in [0.717, 1.165) is 10.0 Å². The van der Waals surface area contributed by atoms with Crippen molar-refractivity contribution in [1.29, 1.82) is 0 Å². The van der Waals surface area contributed by atoms with Crippen LogP contribution < -0.4 is 10.2 Å². The first-order valence-corrected chi connectivity index (χ1v) is 8.00. The highest BCUT2D eigenvalue weighted by Gasteiger charge is 2.10.